The van der Waals surface area contributed by atoms with Gasteiger partial charge >= 0.3 is 0 Å². The van der Waals surface area contributed by atoms with E-state index in [0.717, 1.165) is 37.8 Å². The highest BCUT2D eigenvalue weighted by Gasteiger charge is 2.37. The number of pyridine rings is 1. The second-order valence-electron chi connectivity index (χ2n) is 9.23. The van der Waals surface area contributed by atoms with E-state index >= 15 is 0 Å². The van der Waals surface area contributed by atoms with Crippen LogP contribution in [0.5, 0.6) is 0 Å². The summed E-state index contributed by atoms with van der Waals surface area (Å²) in [6.07, 6.45) is 10.9. The highest BCUT2D eigenvalue weighted by Crippen LogP contribution is 2.37. The highest BCUT2D eigenvalue weighted by atomic mass is 16.1. The first-order valence-corrected chi connectivity index (χ1v) is 11.0. The van der Waals surface area contributed by atoms with Crippen molar-refractivity contribution in [3.05, 3.63) is 33.7 Å². The number of piperidine rings is 1. The van der Waals surface area contributed by atoms with Crippen LogP contribution in [-0.2, 0) is 13.1 Å². The average Bonchev–Trinajstić information content (AvgIpc) is 3.18. The summed E-state index contributed by atoms with van der Waals surface area (Å²) in [4.78, 5) is 18.4. The number of nitrogens with zero attached hydrogens (tertiary/aromatic N) is 3. The van der Waals surface area contributed by atoms with Crippen LogP contribution in [-0.4, -0.2) is 46.6 Å². The molecule has 4 heterocycles. The Balaban J connectivity index is 1.37. The zero-order valence-corrected chi connectivity index (χ0v) is 16.0. The molecule has 2 saturated heterocycles. The van der Waals surface area contributed by atoms with Crippen molar-refractivity contribution in [1.82, 2.24) is 14.4 Å². The molecule has 5 rings (SSSR count). The number of hydrogen-bond acceptors (Lipinski definition) is 3. The van der Waals surface area contributed by atoms with Crippen molar-refractivity contribution in [3.63, 3.8) is 0 Å². The van der Waals surface area contributed by atoms with Crippen LogP contribution in [0.2, 0.25) is 0 Å². The summed E-state index contributed by atoms with van der Waals surface area (Å²) in [6, 6.07) is 5.24. The Labute approximate surface area is 157 Å². The zero-order chi connectivity index (χ0) is 17.5. The standard InChI is InChI=1S/C22H33N3O/c26-22-18(15-23-10-4-5-11-23)8-9-21-19-12-17(14-25(21)22)13-24(16-19)20-6-2-1-3-7-20/h8-9,17,19-20H,1-7,10-16H2/t17-,19+/m0/s1. The van der Waals surface area contributed by atoms with Gasteiger partial charge in [0.05, 0.1) is 0 Å². The Morgan fingerprint density at radius 1 is 0.923 bits per heavy atom. The van der Waals surface area contributed by atoms with Gasteiger partial charge in [-0.1, -0.05) is 25.3 Å². The Kier molecular flexibility index (Phi) is 4.66. The van der Waals surface area contributed by atoms with Crippen molar-refractivity contribution in [2.24, 2.45) is 5.92 Å². The van der Waals surface area contributed by atoms with Gasteiger partial charge in [0, 0.05) is 49.4 Å². The van der Waals surface area contributed by atoms with Crippen molar-refractivity contribution >= 4 is 0 Å². The van der Waals surface area contributed by atoms with Gasteiger partial charge in [-0.05, 0) is 57.2 Å². The van der Waals surface area contributed by atoms with E-state index in [4.69, 9.17) is 0 Å². The van der Waals surface area contributed by atoms with Crippen LogP contribution in [0.4, 0.5) is 0 Å². The van der Waals surface area contributed by atoms with Gasteiger partial charge in [0.2, 0.25) is 0 Å². The molecule has 2 atom stereocenters. The molecule has 0 N–H and O–H groups in total. The second-order valence-corrected chi connectivity index (χ2v) is 9.23. The zero-order valence-electron chi connectivity index (χ0n) is 16.0. The predicted molar refractivity (Wildman–Crippen MR) is 105 cm³/mol. The van der Waals surface area contributed by atoms with E-state index in [1.54, 1.807) is 0 Å². The minimum absolute atomic E-state index is 0.301. The fraction of sp³-hybridized carbons (Fsp3) is 0.773. The molecule has 0 spiro atoms. The molecule has 0 aromatic carbocycles. The van der Waals surface area contributed by atoms with Gasteiger partial charge in [0.25, 0.3) is 5.56 Å². The second kappa shape index (κ2) is 7.12. The SMILES string of the molecule is O=c1c(CN2CCCC2)ccc2n1C[C@H]1C[C@@H]2CN(C2CCCCC2)C1. The molecule has 142 valence electrons. The first-order chi connectivity index (χ1) is 12.8. The van der Waals surface area contributed by atoms with Gasteiger partial charge in [0.15, 0.2) is 0 Å². The minimum Gasteiger partial charge on any atom is -0.312 e. The van der Waals surface area contributed by atoms with Gasteiger partial charge in [-0.15, -0.1) is 0 Å². The first-order valence-electron chi connectivity index (χ1n) is 11.0. The van der Waals surface area contributed by atoms with E-state index < -0.39 is 0 Å². The lowest BCUT2D eigenvalue weighted by atomic mass is 9.81. The van der Waals surface area contributed by atoms with E-state index in [0.29, 0.717) is 17.4 Å². The van der Waals surface area contributed by atoms with Crippen LogP contribution < -0.4 is 5.56 Å². The van der Waals surface area contributed by atoms with Crippen LogP contribution in [0.3, 0.4) is 0 Å². The van der Waals surface area contributed by atoms with Crippen LogP contribution >= 0.6 is 0 Å². The molecule has 2 bridgehead atoms. The van der Waals surface area contributed by atoms with Crippen LogP contribution in [0.25, 0.3) is 0 Å². The third-order valence-electron chi connectivity index (χ3n) is 7.40. The molecule has 0 amide bonds. The fourth-order valence-corrected chi connectivity index (χ4v) is 6.07. The normalized spacial score (nSPS) is 30.5. The lowest BCUT2D eigenvalue weighted by Gasteiger charge is -2.46. The maximum Gasteiger partial charge on any atom is 0.255 e. The Hall–Kier alpha value is -1.13. The predicted octanol–water partition coefficient (Wildman–Crippen LogP) is 3.20. The maximum absolute atomic E-state index is 13.1. The summed E-state index contributed by atoms with van der Waals surface area (Å²) in [7, 11) is 0. The molecule has 1 aliphatic carbocycles. The molecular weight excluding hydrogens is 322 g/mol. The van der Waals surface area contributed by atoms with Crippen molar-refractivity contribution < 1.29 is 0 Å². The van der Waals surface area contributed by atoms with Crippen molar-refractivity contribution in [2.75, 3.05) is 26.2 Å². The fourth-order valence-electron chi connectivity index (χ4n) is 6.07. The molecule has 3 fully saturated rings. The molecule has 1 aromatic heterocycles. The van der Waals surface area contributed by atoms with E-state index in [1.807, 2.05) is 0 Å². The molecule has 3 aliphatic heterocycles. The van der Waals surface area contributed by atoms with E-state index in [2.05, 4.69) is 26.5 Å². The van der Waals surface area contributed by atoms with Crippen molar-refractivity contribution in [2.45, 2.75) is 76.4 Å². The van der Waals surface area contributed by atoms with Crippen LogP contribution in [0, 0.1) is 5.92 Å². The summed E-state index contributed by atoms with van der Waals surface area (Å²) in [6.45, 7) is 6.49. The van der Waals surface area contributed by atoms with E-state index in [-0.39, 0.29) is 0 Å². The topological polar surface area (TPSA) is 28.5 Å². The van der Waals surface area contributed by atoms with Gasteiger partial charge in [-0.2, -0.15) is 0 Å². The molecule has 1 saturated carbocycles. The Morgan fingerprint density at radius 3 is 2.54 bits per heavy atom. The largest absolute Gasteiger partial charge is 0.312 e. The molecular formula is C22H33N3O. The Morgan fingerprint density at radius 2 is 1.73 bits per heavy atom. The summed E-state index contributed by atoms with van der Waals surface area (Å²) >= 11 is 0. The summed E-state index contributed by atoms with van der Waals surface area (Å²) in [5, 5.41) is 0. The highest BCUT2D eigenvalue weighted by molar-refractivity contribution is 5.22. The number of likely N-dealkylation sites (tertiary alicyclic amines) is 2. The molecule has 4 heteroatoms. The third-order valence-corrected chi connectivity index (χ3v) is 7.40. The van der Waals surface area contributed by atoms with Crippen molar-refractivity contribution in [1.29, 1.82) is 0 Å². The molecule has 4 nitrogen and oxygen atoms in total. The van der Waals surface area contributed by atoms with Gasteiger partial charge in [0.1, 0.15) is 0 Å². The molecule has 0 radical (unpaired) electrons. The average molecular weight is 356 g/mol. The first kappa shape index (κ1) is 17.0. The maximum atomic E-state index is 13.1. The Bertz CT molecular complexity index is 700. The number of rotatable bonds is 3. The van der Waals surface area contributed by atoms with E-state index in [9.17, 15) is 4.79 Å². The number of hydrogen-bond donors (Lipinski definition) is 0. The summed E-state index contributed by atoms with van der Waals surface area (Å²) < 4.78 is 2.16. The smallest absolute Gasteiger partial charge is 0.255 e. The monoisotopic (exact) mass is 355 g/mol. The minimum atomic E-state index is 0.301. The lowest BCUT2D eigenvalue weighted by Crippen LogP contribution is -2.51. The molecule has 0 unspecified atom stereocenters. The third kappa shape index (κ3) is 3.16. The summed E-state index contributed by atoms with van der Waals surface area (Å²) in [5.74, 6) is 1.24. The summed E-state index contributed by atoms with van der Waals surface area (Å²) in [5.41, 5.74) is 2.63. The van der Waals surface area contributed by atoms with Crippen LogP contribution in [0.15, 0.2) is 16.9 Å². The lowest BCUT2D eigenvalue weighted by molar-refractivity contribution is 0.0646. The van der Waals surface area contributed by atoms with Crippen molar-refractivity contribution in [3.8, 4) is 0 Å². The molecule has 1 aromatic rings. The van der Waals surface area contributed by atoms with Gasteiger partial charge < -0.3 is 4.57 Å². The van der Waals surface area contributed by atoms with E-state index in [1.165, 1.54) is 70.2 Å². The quantitative estimate of drug-likeness (QED) is 0.834. The number of aromatic nitrogens is 1. The van der Waals surface area contributed by atoms with Crippen LogP contribution in [0.1, 0.15) is 68.5 Å². The van der Waals surface area contributed by atoms with Gasteiger partial charge in [-0.3, -0.25) is 14.6 Å². The van der Waals surface area contributed by atoms with Gasteiger partial charge in [-0.25, -0.2) is 0 Å². The molecule has 26 heavy (non-hydrogen) atoms. The number of fused-ring (bicyclic) bond motifs is 4. The molecule has 4 aliphatic rings.